The Morgan fingerprint density at radius 2 is 1.72 bits per heavy atom. The van der Waals surface area contributed by atoms with E-state index in [1.807, 2.05) is 0 Å². The summed E-state index contributed by atoms with van der Waals surface area (Å²) in [5, 5.41) is -0.490. The minimum atomic E-state index is -4.62. The van der Waals surface area contributed by atoms with Gasteiger partial charge in [-0.25, -0.2) is 4.99 Å². The van der Waals surface area contributed by atoms with Crippen LogP contribution in [0.2, 0.25) is 10.0 Å². The van der Waals surface area contributed by atoms with Crippen molar-refractivity contribution >= 4 is 40.8 Å². The lowest BCUT2D eigenvalue weighted by atomic mass is 9.87. The summed E-state index contributed by atoms with van der Waals surface area (Å²) in [4.78, 5) is 9.73. The molecule has 0 atom stereocenters. The molecular formula is C15H16Cl2F3N5. The van der Waals surface area contributed by atoms with Gasteiger partial charge in [0.2, 0.25) is 11.9 Å². The molecule has 1 aliphatic heterocycles. The molecule has 2 aliphatic rings. The van der Waals surface area contributed by atoms with Gasteiger partial charge in [-0.05, 0) is 37.8 Å². The fourth-order valence-corrected chi connectivity index (χ4v) is 4.06. The SMILES string of the molecule is NC1=NC2(CCCCC2)N(c2c(Cl)ccc(C(F)(F)F)c2Cl)C(N)=N1. The molecule has 0 saturated heterocycles. The molecule has 0 unspecified atom stereocenters. The van der Waals surface area contributed by atoms with Gasteiger partial charge in [-0.2, -0.15) is 18.2 Å². The molecule has 1 spiro atoms. The Morgan fingerprint density at radius 3 is 2.32 bits per heavy atom. The van der Waals surface area contributed by atoms with E-state index in [0.29, 0.717) is 12.8 Å². The molecular weight excluding hydrogens is 378 g/mol. The molecule has 5 nitrogen and oxygen atoms in total. The fraction of sp³-hybridized carbons (Fsp3) is 0.467. The third-order valence-corrected chi connectivity index (χ3v) is 5.13. The lowest BCUT2D eigenvalue weighted by molar-refractivity contribution is -0.137. The number of nitrogens with zero attached hydrogens (tertiary/aromatic N) is 3. The van der Waals surface area contributed by atoms with E-state index in [1.165, 1.54) is 4.90 Å². The number of halogens is 5. The van der Waals surface area contributed by atoms with Crippen LogP contribution in [0.5, 0.6) is 0 Å². The number of alkyl halides is 3. The number of benzene rings is 1. The van der Waals surface area contributed by atoms with Gasteiger partial charge in [0.25, 0.3) is 0 Å². The van der Waals surface area contributed by atoms with Crippen molar-refractivity contribution < 1.29 is 13.2 Å². The van der Waals surface area contributed by atoms with Crippen LogP contribution in [-0.4, -0.2) is 17.6 Å². The Hall–Kier alpha value is -1.67. The van der Waals surface area contributed by atoms with Gasteiger partial charge in [0.1, 0.15) is 5.66 Å². The molecule has 0 radical (unpaired) electrons. The molecule has 136 valence electrons. The van der Waals surface area contributed by atoms with E-state index in [0.717, 1.165) is 31.4 Å². The Kier molecular flexibility index (Phi) is 4.53. The zero-order valence-electron chi connectivity index (χ0n) is 13.1. The van der Waals surface area contributed by atoms with Crippen LogP contribution in [0.25, 0.3) is 0 Å². The van der Waals surface area contributed by atoms with Gasteiger partial charge < -0.3 is 11.5 Å². The van der Waals surface area contributed by atoms with Gasteiger partial charge in [-0.15, -0.1) is 0 Å². The highest BCUT2D eigenvalue weighted by molar-refractivity contribution is 6.40. The van der Waals surface area contributed by atoms with Crippen molar-refractivity contribution in [2.75, 3.05) is 4.90 Å². The average Bonchev–Trinajstić information content (AvgIpc) is 2.49. The quantitative estimate of drug-likeness (QED) is 0.752. The maximum absolute atomic E-state index is 13.3. The van der Waals surface area contributed by atoms with E-state index in [2.05, 4.69) is 9.98 Å². The summed E-state index contributed by atoms with van der Waals surface area (Å²) in [7, 11) is 0. The van der Waals surface area contributed by atoms with Crippen LogP contribution >= 0.6 is 23.2 Å². The second-order valence-corrected chi connectivity index (χ2v) is 6.86. The molecule has 1 heterocycles. The fourth-order valence-electron chi connectivity index (χ4n) is 3.41. The first-order valence-corrected chi connectivity index (χ1v) is 8.46. The molecule has 1 fully saturated rings. The number of guanidine groups is 2. The minimum absolute atomic E-state index is 0.00475. The van der Waals surface area contributed by atoms with Gasteiger partial charge in [0.15, 0.2) is 0 Å². The molecule has 0 bridgehead atoms. The summed E-state index contributed by atoms with van der Waals surface area (Å²) in [6.45, 7) is 0. The summed E-state index contributed by atoms with van der Waals surface area (Å²) in [6.07, 6.45) is -0.852. The number of aliphatic imine (C=N–C) groups is 2. The number of nitrogens with two attached hydrogens (primary N) is 2. The van der Waals surface area contributed by atoms with Gasteiger partial charge >= 0.3 is 6.18 Å². The van der Waals surface area contributed by atoms with Crippen molar-refractivity contribution in [3.63, 3.8) is 0 Å². The Bertz CT molecular complexity index is 754. The molecule has 3 rings (SSSR count). The number of hydrogen-bond acceptors (Lipinski definition) is 5. The molecule has 10 heteroatoms. The van der Waals surface area contributed by atoms with Crippen LogP contribution in [0, 0.1) is 0 Å². The van der Waals surface area contributed by atoms with E-state index in [9.17, 15) is 13.2 Å². The van der Waals surface area contributed by atoms with Crippen LogP contribution in [0.3, 0.4) is 0 Å². The Morgan fingerprint density at radius 1 is 1.08 bits per heavy atom. The lowest BCUT2D eigenvalue weighted by Crippen LogP contribution is -2.58. The first-order chi connectivity index (χ1) is 11.7. The van der Waals surface area contributed by atoms with E-state index in [4.69, 9.17) is 34.7 Å². The van der Waals surface area contributed by atoms with Crippen molar-refractivity contribution in [3.8, 4) is 0 Å². The first kappa shape index (κ1) is 18.1. The van der Waals surface area contributed by atoms with Crippen LogP contribution in [0.1, 0.15) is 37.7 Å². The second-order valence-electron chi connectivity index (χ2n) is 6.07. The lowest BCUT2D eigenvalue weighted by Gasteiger charge is -2.46. The normalized spacial score (nSPS) is 20.4. The summed E-state index contributed by atoms with van der Waals surface area (Å²) < 4.78 is 39.8. The molecule has 0 aromatic heterocycles. The first-order valence-electron chi connectivity index (χ1n) is 7.71. The maximum Gasteiger partial charge on any atom is 0.417 e. The van der Waals surface area contributed by atoms with E-state index in [1.54, 1.807) is 0 Å². The zero-order valence-corrected chi connectivity index (χ0v) is 14.6. The van der Waals surface area contributed by atoms with Crippen molar-refractivity contribution in [2.24, 2.45) is 21.5 Å². The van der Waals surface area contributed by atoms with Crippen LogP contribution in [0.15, 0.2) is 22.1 Å². The predicted molar refractivity (Wildman–Crippen MR) is 93.0 cm³/mol. The highest BCUT2D eigenvalue weighted by Crippen LogP contribution is 2.48. The minimum Gasteiger partial charge on any atom is -0.369 e. The number of hydrogen-bond donors (Lipinski definition) is 2. The number of rotatable bonds is 1. The van der Waals surface area contributed by atoms with E-state index >= 15 is 0 Å². The summed E-state index contributed by atoms with van der Waals surface area (Å²) in [5.74, 6) is -0.0765. The van der Waals surface area contributed by atoms with Crippen LogP contribution < -0.4 is 16.4 Å². The topological polar surface area (TPSA) is 80.0 Å². The van der Waals surface area contributed by atoms with E-state index < -0.39 is 22.4 Å². The maximum atomic E-state index is 13.3. The molecule has 1 saturated carbocycles. The number of anilines is 1. The Balaban J connectivity index is 2.21. The third-order valence-electron chi connectivity index (χ3n) is 4.45. The van der Waals surface area contributed by atoms with Crippen LogP contribution in [0.4, 0.5) is 18.9 Å². The van der Waals surface area contributed by atoms with Crippen molar-refractivity contribution in [2.45, 2.75) is 43.9 Å². The van der Waals surface area contributed by atoms with Crippen LogP contribution in [-0.2, 0) is 6.18 Å². The van der Waals surface area contributed by atoms with Gasteiger partial charge in [-0.3, -0.25) is 4.90 Å². The second kappa shape index (κ2) is 6.25. The highest BCUT2D eigenvalue weighted by atomic mass is 35.5. The third kappa shape index (κ3) is 3.13. The summed E-state index contributed by atoms with van der Waals surface area (Å²) >= 11 is 12.3. The predicted octanol–water partition coefficient (Wildman–Crippen LogP) is 4.12. The molecule has 4 N–H and O–H groups in total. The van der Waals surface area contributed by atoms with E-state index in [-0.39, 0.29) is 22.6 Å². The zero-order chi connectivity index (χ0) is 18.4. The molecule has 1 aromatic carbocycles. The molecule has 25 heavy (non-hydrogen) atoms. The molecule has 0 amide bonds. The average molecular weight is 394 g/mol. The van der Waals surface area contributed by atoms with Crippen molar-refractivity contribution in [3.05, 3.63) is 27.7 Å². The largest absolute Gasteiger partial charge is 0.417 e. The highest BCUT2D eigenvalue weighted by Gasteiger charge is 2.45. The Labute approximate surface area is 152 Å². The van der Waals surface area contributed by atoms with Gasteiger partial charge in [0.05, 0.1) is 21.3 Å². The standard InChI is InChI=1S/C15H16Cl2F3N5/c16-9-5-4-8(15(18,19)20)10(17)11(9)25-13(22)23-12(21)24-14(25)6-2-1-3-7-14/h4-5H,1-3,6-7H2,(H4,21,22,23,24). The smallest absolute Gasteiger partial charge is 0.369 e. The summed E-state index contributed by atoms with van der Waals surface area (Å²) in [5.41, 5.74) is 9.82. The van der Waals surface area contributed by atoms with Gasteiger partial charge in [-0.1, -0.05) is 29.6 Å². The van der Waals surface area contributed by atoms with Crippen molar-refractivity contribution in [1.82, 2.24) is 0 Å². The van der Waals surface area contributed by atoms with Crippen molar-refractivity contribution in [1.29, 1.82) is 0 Å². The van der Waals surface area contributed by atoms with Gasteiger partial charge in [0, 0.05) is 0 Å². The monoisotopic (exact) mass is 393 g/mol. The molecule has 1 aliphatic carbocycles. The summed E-state index contributed by atoms with van der Waals surface area (Å²) in [6, 6.07) is 1.99. The molecule has 1 aromatic rings.